The van der Waals surface area contributed by atoms with Crippen molar-refractivity contribution < 1.29 is 18.7 Å². The van der Waals surface area contributed by atoms with Gasteiger partial charge in [-0.05, 0) is 59.9 Å². The lowest BCUT2D eigenvalue weighted by molar-refractivity contribution is 0.0357. The quantitative estimate of drug-likeness (QED) is 0.603. The summed E-state index contributed by atoms with van der Waals surface area (Å²) in [6, 6.07) is 16.7. The lowest BCUT2D eigenvalue weighted by atomic mass is 9.84. The number of ether oxygens (including phenoxy) is 2. The lowest BCUT2D eigenvalue weighted by Gasteiger charge is -2.29. The van der Waals surface area contributed by atoms with Gasteiger partial charge in [0.05, 0.1) is 19.2 Å². The molecule has 0 saturated carbocycles. The first-order valence-corrected chi connectivity index (χ1v) is 9.80. The Labute approximate surface area is 173 Å². The maximum atomic E-state index is 13.4. The highest BCUT2D eigenvalue weighted by Crippen LogP contribution is 2.41. The van der Waals surface area contributed by atoms with Crippen molar-refractivity contribution in [3.63, 3.8) is 0 Å². The van der Waals surface area contributed by atoms with Gasteiger partial charge in [0, 0.05) is 18.9 Å². The van der Waals surface area contributed by atoms with E-state index < -0.39 is 11.6 Å². The topological polar surface area (TPSA) is 57.5 Å². The summed E-state index contributed by atoms with van der Waals surface area (Å²) in [4.78, 5) is 24.4. The number of rotatable bonds is 5. The van der Waals surface area contributed by atoms with Gasteiger partial charge in [0.1, 0.15) is 11.4 Å². The minimum absolute atomic E-state index is 0.151. The zero-order chi connectivity index (χ0) is 21.1. The number of hydrogen-bond donors (Lipinski definition) is 0. The average Bonchev–Trinajstić information content (AvgIpc) is 3.27. The fourth-order valence-corrected chi connectivity index (χ4v) is 3.93. The molecule has 30 heavy (non-hydrogen) atoms. The van der Waals surface area contributed by atoms with Crippen molar-refractivity contribution in [2.45, 2.75) is 25.0 Å². The molecule has 0 amide bonds. The number of carbonyl (C=O) groups excluding carboxylic acids is 1. The number of hydrogen-bond acceptors (Lipinski definition) is 4. The van der Waals surface area contributed by atoms with Crippen LogP contribution in [0.1, 0.15) is 39.9 Å². The molecule has 3 aromatic rings. The highest BCUT2D eigenvalue weighted by molar-refractivity contribution is 5.89. The molecule has 154 valence electrons. The smallest absolute Gasteiger partial charge is 0.337 e. The van der Waals surface area contributed by atoms with Crippen LogP contribution in [0.3, 0.4) is 0 Å². The minimum Gasteiger partial charge on any atom is -0.465 e. The number of halogens is 1. The van der Waals surface area contributed by atoms with Gasteiger partial charge in [-0.1, -0.05) is 24.3 Å². The number of carbonyl (C=O) groups is 1. The molecule has 6 heteroatoms. The molecule has 4 rings (SSSR count). The van der Waals surface area contributed by atoms with Crippen LogP contribution in [0.25, 0.3) is 0 Å². The van der Waals surface area contributed by atoms with E-state index in [0.29, 0.717) is 18.7 Å². The number of esters is 1. The maximum absolute atomic E-state index is 13.4. The predicted octanol–water partition coefficient (Wildman–Crippen LogP) is 3.88. The van der Waals surface area contributed by atoms with Crippen molar-refractivity contribution in [3.05, 3.63) is 105 Å². The minimum atomic E-state index is -0.728. The van der Waals surface area contributed by atoms with E-state index in [4.69, 9.17) is 9.47 Å². The average molecular weight is 407 g/mol. The Morgan fingerprint density at radius 3 is 2.43 bits per heavy atom. The van der Waals surface area contributed by atoms with Gasteiger partial charge in [-0.25, -0.2) is 9.18 Å². The second-order valence-corrected chi connectivity index (χ2v) is 7.36. The monoisotopic (exact) mass is 407 g/mol. The summed E-state index contributed by atoms with van der Waals surface area (Å²) < 4.78 is 25.8. The van der Waals surface area contributed by atoms with Crippen molar-refractivity contribution >= 4 is 5.97 Å². The van der Waals surface area contributed by atoms with Gasteiger partial charge in [-0.15, -0.1) is 0 Å². The normalized spacial score (nSPS) is 18.3. The molecule has 1 fully saturated rings. The Kier molecular flexibility index (Phi) is 5.50. The molecule has 0 bridgehead atoms. The van der Waals surface area contributed by atoms with Crippen LogP contribution in [-0.2, 0) is 21.6 Å². The van der Waals surface area contributed by atoms with Crippen LogP contribution in [0, 0.1) is 5.82 Å². The van der Waals surface area contributed by atoms with Crippen LogP contribution in [0.5, 0.6) is 0 Å². The van der Waals surface area contributed by atoms with Gasteiger partial charge in [-0.3, -0.25) is 4.79 Å². The first-order chi connectivity index (χ1) is 14.5. The zero-order valence-corrected chi connectivity index (χ0v) is 16.6. The molecule has 0 aliphatic carbocycles. The molecular formula is C24H22FNO4. The van der Waals surface area contributed by atoms with Gasteiger partial charge in [0.25, 0.3) is 5.56 Å². The summed E-state index contributed by atoms with van der Waals surface area (Å²) in [7, 11) is 1.34. The third-order valence-electron chi connectivity index (χ3n) is 5.52. The molecule has 1 aliphatic heterocycles. The number of benzene rings is 2. The van der Waals surface area contributed by atoms with E-state index in [1.54, 1.807) is 53.2 Å². The molecule has 1 aromatic heterocycles. The Morgan fingerprint density at radius 1 is 1.10 bits per heavy atom. The fourth-order valence-electron chi connectivity index (χ4n) is 3.93. The van der Waals surface area contributed by atoms with Gasteiger partial charge >= 0.3 is 5.97 Å². The first kappa shape index (κ1) is 20.0. The van der Waals surface area contributed by atoms with E-state index in [-0.39, 0.29) is 11.4 Å². The Hall–Kier alpha value is -3.25. The molecule has 1 saturated heterocycles. The van der Waals surface area contributed by atoms with Crippen molar-refractivity contribution in [3.8, 4) is 0 Å². The van der Waals surface area contributed by atoms with E-state index in [1.165, 1.54) is 19.2 Å². The van der Waals surface area contributed by atoms with Gasteiger partial charge in [0.15, 0.2) is 0 Å². The second kappa shape index (κ2) is 8.24. The summed E-state index contributed by atoms with van der Waals surface area (Å²) >= 11 is 0. The van der Waals surface area contributed by atoms with Crippen molar-refractivity contribution in [2.24, 2.45) is 0 Å². The molecule has 1 aliphatic rings. The second-order valence-electron chi connectivity index (χ2n) is 7.36. The van der Waals surface area contributed by atoms with Crippen LogP contribution in [0.15, 0.2) is 71.7 Å². The maximum Gasteiger partial charge on any atom is 0.337 e. The van der Waals surface area contributed by atoms with E-state index in [2.05, 4.69) is 0 Å². The van der Waals surface area contributed by atoms with Crippen LogP contribution < -0.4 is 5.56 Å². The van der Waals surface area contributed by atoms with E-state index >= 15 is 0 Å². The van der Waals surface area contributed by atoms with Gasteiger partial charge in [0.2, 0.25) is 0 Å². The molecule has 2 aromatic carbocycles. The number of nitrogens with zero attached hydrogens (tertiary/aromatic N) is 1. The largest absolute Gasteiger partial charge is 0.465 e. The highest BCUT2D eigenvalue weighted by Gasteiger charge is 2.39. The Balaban J connectivity index is 1.61. The standard InChI is InChI=1S/C24H22FNO4/c1-29-23(28)18-5-3-17(4-6-18)16-26-13-11-20(15-22(26)27)24(12-2-14-30-24)19-7-9-21(25)10-8-19/h3-11,13,15H,2,12,14,16H2,1H3. The number of pyridine rings is 1. The van der Waals surface area contributed by atoms with Crippen LogP contribution in [0.4, 0.5) is 4.39 Å². The summed E-state index contributed by atoms with van der Waals surface area (Å²) in [6.07, 6.45) is 3.35. The summed E-state index contributed by atoms with van der Waals surface area (Å²) in [5.74, 6) is -0.703. The molecule has 5 nitrogen and oxygen atoms in total. The molecule has 0 N–H and O–H groups in total. The third kappa shape index (κ3) is 3.78. The van der Waals surface area contributed by atoms with Crippen molar-refractivity contribution in [2.75, 3.05) is 13.7 Å². The third-order valence-corrected chi connectivity index (χ3v) is 5.52. The number of methoxy groups -OCH3 is 1. The van der Waals surface area contributed by atoms with E-state index in [9.17, 15) is 14.0 Å². The van der Waals surface area contributed by atoms with E-state index in [1.807, 2.05) is 6.07 Å². The van der Waals surface area contributed by atoms with Crippen LogP contribution in [-0.4, -0.2) is 24.3 Å². The fraction of sp³-hybridized carbons (Fsp3) is 0.250. The number of aromatic nitrogens is 1. The zero-order valence-electron chi connectivity index (χ0n) is 16.6. The summed E-state index contributed by atoms with van der Waals surface area (Å²) in [6.45, 7) is 0.970. The molecule has 2 heterocycles. The van der Waals surface area contributed by atoms with Crippen molar-refractivity contribution in [1.29, 1.82) is 0 Å². The highest BCUT2D eigenvalue weighted by atomic mass is 19.1. The molecular weight excluding hydrogens is 385 g/mol. The first-order valence-electron chi connectivity index (χ1n) is 9.80. The van der Waals surface area contributed by atoms with Crippen molar-refractivity contribution in [1.82, 2.24) is 4.57 Å². The molecule has 1 atom stereocenters. The molecule has 1 unspecified atom stereocenters. The SMILES string of the molecule is COC(=O)c1ccc(Cn2ccc(C3(c4ccc(F)cc4)CCCO3)cc2=O)cc1. The predicted molar refractivity (Wildman–Crippen MR) is 110 cm³/mol. The summed E-state index contributed by atoms with van der Waals surface area (Å²) in [5.41, 5.74) is 2.09. The van der Waals surface area contributed by atoms with Gasteiger partial charge in [-0.2, -0.15) is 0 Å². The van der Waals surface area contributed by atoms with Crippen LogP contribution >= 0.6 is 0 Å². The van der Waals surface area contributed by atoms with E-state index in [0.717, 1.165) is 29.5 Å². The van der Waals surface area contributed by atoms with Crippen LogP contribution in [0.2, 0.25) is 0 Å². The van der Waals surface area contributed by atoms with Gasteiger partial charge < -0.3 is 14.0 Å². The summed E-state index contributed by atoms with van der Waals surface area (Å²) in [5, 5.41) is 0. The molecule has 0 spiro atoms. The molecule has 0 radical (unpaired) electrons. The lowest BCUT2D eigenvalue weighted by Crippen LogP contribution is -2.30. The Bertz CT molecular complexity index is 1100. The Morgan fingerprint density at radius 2 is 1.83 bits per heavy atom.